The minimum atomic E-state index is -3.73. The molecule has 0 radical (unpaired) electrons. The molecular formula is C15H35NO3S. The molecule has 0 atom stereocenters. The van der Waals surface area contributed by atoms with Crippen molar-refractivity contribution < 1.29 is 13.0 Å². The molecule has 0 unspecified atom stereocenters. The smallest absolute Gasteiger partial charge is 0.264 e. The van der Waals surface area contributed by atoms with Crippen LogP contribution in [0.1, 0.15) is 85.0 Å². The lowest BCUT2D eigenvalue weighted by Gasteiger charge is -2.01. The summed E-state index contributed by atoms with van der Waals surface area (Å²) in [4.78, 5) is 0. The molecule has 0 saturated carbocycles. The molecule has 0 heterocycles. The van der Waals surface area contributed by atoms with Crippen molar-refractivity contribution in [2.24, 2.45) is 5.73 Å². The highest BCUT2D eigenvalue weighted by atomic mass is 32.2. The van der Waals surface area contributed by atoms with E-state index < -0.39 is 10.1 Å². The monoisotopic (exact) mass is 309 g/mol. The Balaban J connectivity index is 0. The highest BCUT2D eigenvalue weighted by molar-refractivity contribution is 7.85. The van der Waals surface area contributed by atoms with Gasteiger partial charge in [-0.15, -0.1) is 0 Å². The van der Waals surface area contributed by atoms with Crippen LogP contribution in [0.4, 0.5) is 0 Å². The van der Waals surface area contributed by atoms with E-state index in [9.17, 15) is 8.42 Å². The summed E-state index contributed by atoms with van der Waals surface area (Å²) in [6.07, 6.45) is 11.7. The number of unbranched alkanes of at least 4 members (excludes halogenated alkanes) is 9. The SMILES string of the molecule is CC(C)N.CCCCCCCCCCCCS(=O)(=O)O. The first-order valence-electron chi connectivity index (χ1n) is 8.00. The topological polar surface area (TPSA) is 80.4 Å². The van der Waals surface area contributed by atoms with Crippen LogP contribution in [-0.4, -0.2) is 24.8 Å². The van der Waals surface area contributed by atoms with Crippen LogP contribution in [0, 0.1) is 0 Å². The first-order valence-corrected chi connectivity index (χ1v) is 9.61. The van der Waals surface area contributed by atoms with Crippen molar-refractivity contribution in [3.63, 3.8) is 0 Å². The van der Waals surface area contributed by atoms with E-state index in [1.807, 2.05) is 13.8 Å². The Morgan fingerprint density at radius 1 is 0.850 bits per heavy atom. The van der Waals surface area contributed by atoms with E-state index in [2.05, 4.69) is 6.92 Å². The van der Waals surface area contributed by atoms with E-state index in [1.165, 1.54) is 44.9 Å². The summed E-state index contributed by atoms with van der Waals surface area (Å²) < 4.78 is 29.4. The van der Waals surface area contributed by atoms with Gasteiger partial charge in [0.05, 0.1) is 5.75 Å². The number of rotatable bonds is 11. The van der Waals surface area contributed by atoms with E-state index in [0.29, 0.717) is 12.5 Å². The van der Waals surface area contributed by atoms with E-state index >= 15 is 0 Å². The second kappa shape index (κ2) is 15.3. The van der Waals surface area contributed by atoms with Crippen molar-refractivity contribution in [1.82, 2.24) is 0 Å². The lowest BCUT2D eigenvalue weighted by atomic mass is 10.1. The van der Waals surface area contributed by atoms with Gasteiger partial charge in [-0.05, 0) is 12.5 Å². The maximum atomic E-state index is 10.4. The highest BCUT2D eigenvalue weighted by Gasteiger charge is 2.02. The van der Waals surface area contributed by atoms with Crippen LogP contribution in [0.2, 0.25) is 0 Å². The van der Waals surface area contributed by atoms with Gasteiger partial charge in [-0.1, -0.05) is 78.6 Å². The third-order valence-corrected chi connectivity index (χ3v) is 3.56. The van der Waals surface area contributed by atoms with Crippen molar-refractivity contribution in [2.45, 2.75) is 91.0 Å². The third kappa shape index (κ3) is 30.7. The van der Waals surface area contributed by atoms with Gasteiger partial charge >= 0.3 is 0 Å². The summed E-state index contributed by atoms with van der Waals surface area (Å²) in [5, 5.41) is 0. The lowest BCUT2D eigenvalue weighted by molar-refractivity contribution is 0.478. The van der Waals surface area contributed by atoms with Crippen LogP contribution in [0.5, 0.6) is 0 Å². The predicted molar refractivity (Wildman–Crippen MR) is 87.6 cm³/mol. The van der Waals surface area contributed by atoms with Crippen LogP contribution >= 0.6 is 0 Å². The van der Waals surface area contributed by atoms with E-state index in [0.717, 1.165) is 12.8 Å². The first-order chi connectivity index (χ1) is 9.29. The molecule has 0 saturated heterocycles. The van der Waals surface area contributed by atoms with E-state index in [-0.39, 0.29) is 5.75 Å². The molecule has 0 aliphatic carbocycles. The molecule has 5 heteroatoms. The van der Waals surface area contributed by atoms with E-state index in [4.69, 9.17) is 10.3 Å². The standard InChI is InChI=1S/C12H26O3S.C3H9N/c1-2-3-4-5-6-7-8-9-10-11-12-16(13,14)15;1-3(2)4/h2-12H2,1H3,(H,13,14,15);3H,4H2,1-2H3. The summed E-state index contributed by atoms with van der Waals surface area (Å²) in [6.45, 7) is 6.11. The van der Waals surface area contributed by atoms with E-state index in [1.54, 1.807) is 0 Å². The van der Waals surface area contributed by atoms with Crippen LogP contribution < -0.4 is 5.73 Å². The molecule has 0 amide bonds. The summed E-state index contributed by atoms with van der Waals surface area (Å²) in [6, 6.07) is 0.333. The Labute approximate surface area is 126 Å². The Kier molecular flexibility index (Phi) is 16.9. The fraction of sp³-hybridized carbons (Fsp3) is 1.00. The van der Waals surface area contributed by atoms with Gasteiger partial charge < -0.3 is 5.73 Å². The van der Waals surface area contributed by atoms with Gasteiger partial charge in [0.1, 0.15) is 0 Å². The molecule has 3 N–H and O–H groups in total. The summed E-state index contributed by atoms with van der Waals surface area (Å²) in [5.41, 5.74) is 5.11. The Hall–Kier alpha value is -0.130. The number of hydrogen-bond donors (Lipinski definition) is 2. The second-order valence-corrected chi connectivity index (χ2v) is 7.28. The summed E-state index contributed by atoms with van der Waals surface area (Å²) >= 11 is 0. The van der Waals surface area contributed by atoms with Gasteiger partial charge in [0.25, 0.3) is 10.1 Å². The van der Waals surface area contributed by atoms with Crippen molar-refractivity contribution in [1.29, 1.82) is 0 Å². The normalized spacial score (nSPS) is 11.3. The Morgan fingerprint density at radius 2 is 1.15 bits per heavy atom. The predicted octanol–water partition coefficient (Wildman–Crippen LogP) is 4.15. The van der Waals surface area contributed by atoms with Crippen LogP contribution in [0.25, 0.3) is 0 Å². The first kappa shape index (κ1) is 22.2. The second-order valence-electron chi connectivity index (χ2n) is 5.71. The lowest BCUT2D eigenvalue weighted by Crippen LogP contribution is -2.06. The minimum Gasteiger partial charge on any atom is -0.328 e. The van der Waals surface area contributed by atoms with Gasteiger partial charge in [-0.2, -0.15) is 8.42 Å². The maximum Gasteiger partial charge on any atom is 0.264 e. The third-order valence-electron chi connectivity index (χ3n) is 2.76. The average molecular weight is 310 g/mol. The zero-order chi connectivity index (χ0) is 15.9. The van der Waals surface area contributed by atoms with Crippen molar-refractivity contribution in [3.05, 3.63) is 0 Å². The van der Waals surface area contributed by atoms with Crippen LogP contribution in [0.15, 0.2) is 0 Å². The number of hydrogen-bond acceptors (Lipinski definition) is 3. The molecule has 0 rings (SSSR count). The van der Waals surface area contributed by atoms with Crippen LogP contribution in [-0.2, 0) is 10.1 Å². The highest BCUT2D eigenvalue weighted by Crippen LogP contribution is 2.10. The Bertz CT molecular complexity index is 274. The number of nitrogens with two attached hydrogens (primary N) is 1. The molecule has 20 heavy (non-hydrogen) atoms. The quantitative estimate of drug-likeness (QED) is 0.444. The fourth-order valence-electron chi connectivity index (χ4n) is 1.77. The van der Waals surface area contributed by atoms with Crippen molar-refractivity contribution in [3.8, 4) is 0 Å². The molecule has 0 aromatic carbocycles. The van der Waals surface area contributed by atoms with Gasteiger partial charge in [0.15, 0.2) is 0 Å². The molecule has 0 aromatic rings. The largest absolute Gasteiger partial charge is 0.328 e. The average Bonchev–Trinajstić information content (AvgIpc) is 2.29. The zero-order valence-electron chi connectivity index (χ0n) is 13.6. The van der Waals surface area contributed by atoms with Crippen molar-refractivity contribution in [2.75, 3.05) is 5.75 Å². The zero-order valence-corrected chi connectivity index (χ0v) is 14.4. The minimum absolute atomic E-state index is 0.0799. The summed E-state index contributed by atoms with van der Waals surface area (Å²) in [7, 11) is -3.73. The molecule has 0 aliphatic heterocycles. The van der Waals surface area contributed by atoms with Crippen LogP contribution in [0.3, 0.4) is 0 Å². The van der Waals surface area contributed by atoms with Crippen molar-refractivity contribution >= 4 is 10.1 Å². The molecule has 0 aromatic heterocycles. The van der Waals surface area contributed by atoms with Gasteiger partial charge in [-0.3, -0.25) is 4.55 Å². The van der Waals surface area contributed by atoms with Gasteiger partial charge in [-0.25, -0.2) is 0 Å². The van der Waals surface area contributed by atoms with Gasteiger partial charge in [0.2, 0.25) is 0 Å². The molecule has 124 valence electrons. The molecule has 0 aliphatic rings. The summed E-state index contributed by atoms with van der Waals surface area (Å²) in [5.74, 6) is -0.0799. The molecule has 4 nitrogen and oxygen atoms in total. The molecular weight excluding hydrogens is 274 g/mol. The maximum absolute atomic E-state index is 10.4. The Morgan fingerprint density at radius 3 is 1.45 bits per heavy atom. The fourth-order valence-corrected chi connectivity index (χ4v) is 2.34. The molecule has 0 bridgehead atoms. The molecule has 0 fully saturated rings. The van der Waals surface area contributed by atoms with Gasteiger partial charge in [0, 0.05) is 0 Å². The molecule has 0 spiro atoms.